The molecule has 0 unspecified atom stereocenters. The van der Waals surface area contributed by atoms with E-state index in [1.165, 1.54) is 11.1 Å². The smallest absolute Gasteiger partial charge is 0.00880 e. The van der Waals surface area contributed by atoms with Crippen molar-refractivity contribution in [3.05, 3.63) is 59.8 Å². The summed E-state index contributed by atoms with van der Waals surface area (Å²) >= 11 is 0. The third-order valence-corrected chi connectivity index (χ3v) is 2.02. The van der Waals surface area contributed by atoms with E-state index in [9.17, 15) is 0 Å². The highest BCUT2D eigenvalue weighted by molar-refractivity contribution is 5.56. The maximum Gasteiger partial charge on any atom is -0.00880 e. The first-order valence-electron chi connectivity index (χ1n) is 4.81. The zero-order valence-electron chi connectivity index (χ0n) is 8.38. The van der Waals surface area contributed by atoms with E-state index in [1.54, 1.807) is 0 Å². The number of hydrogen-bond donors (Lipinski definition) is 0. The summed E-state index contributed by atoms with van der Waals surface area (Å²) in [5.74, 6) is 0. The molecule has 0 heteroatoms. The Morgan fingerprint density at radius 2 is 1.77 bits per heavy atom. The van der Waals surface area contributed by atoms with E-state index in [-0.39, 0.29) is 0 Å². The Bertz CT molecular complexity index is 309. The van der Waals surface area contributed by atoms with Gasteiger partial charge in [0.1, 0.15) is 0 Å². The average molecular weight is 172 g/mol. The molecular formula is C13H16. The van der Waals surface area contributed by atoms with Crippen LogP contribution in [0.3, 0.4) is 0 Å². The molecule has 0 N–H and O–H groups in total. The first kappa shape index (κ1) is 9.79. The average Bonchev–Trinajstić information content (AvgIpc) is 2.57. The summed E-state index contributed by atoms with van der Waals surface area (Å²) in [5.41, 5.74) is 3.81. The van der Waals surface area contributed by atoms with Crippen LogP contribution in [-0.2, 0) is 0 Å². The van der Waals surface area contributed by atoms with Gasteiger partial charge in [0.15, 0.2) is 0 Å². The van der Waals surface area contributed by atoms with Gasteiger partial charge in [-0.15, -0.1) is 0 Å². The second-order valence-electron chi connectivity index (χ2n) is 2.79. The van der Waals surface area contributed by atoms with Gasteiger partial charge in [0.25, 0.3) is 0 Å². The highest BCUT2D eigenvalue weighted by atomic mass is 14.1. The van der Waals surface area contributed by atoms with Crippen LogP contribution >= 0.6 is 0 Å². The highest BCUT2D eigenvalue weighted by Crippen LogP contribution is 2.27. The highest BCUT2D eigenvalue weighted by Gasteiger charge is 2.08. The van der Waals surface area contributed by atoms with Crippen LogP contribution in [-0.4, -0.2) is 0 Å². The molecule has 0 fully saturated rings. The molecule has 0 aromatic heterocycles. The van der Waals surface area contributed by atoms with Gasteiger partial charge >= 0.3 is 0 Å². The van der Waals surface area contributed by atoms with E-state index in [0.29, 0.717) is 0 Å². The fraction of sp³-hybridized carbons (Fsp3) is 0.231. The standard InChI is InChI=1S/C11H10.C2H6/c1-9-5-2-3-6-10-7-4-8-11(9)10;1-2/h2-6,8H,1,7H2;1-2H3. The summed E-state index contributed by atoms with van der Waals surface area (Å²) in [7, 11) is 0. The van der Waals surface area contributed by atoms with Crippen molar-refractivity contribution in [2.75, 3.05) is 0 Å². The van der Waals surface area contributed by atoms with Crippen molar-refractivity contribution in [1.82, 2.24) is 0 Å². The molecule has 0 spiro atoms. The summed E-state index contributed by atoms with van der Waals surface area (Å²) in [6, 6.07) is 0. The molecule has 2 rings (SSSR count). The molecule has 68 valence electrons. The lowest BCUT2D eigenvalue weighted by molar-refractivity contribution is 1.32. The SMILES string of the molecule is C=C1C=CC=CC2=C1C=CC2.CC. The Morgan fingerprint density at radius 1 is 1.08 bits per heavy atom. The van der Waals surface area contributed by atoms with Gasteiger partial charge in [0.05, 0.1) is 0 Å². The molecule has 0 saturated heterocycles. The Hall–Kier alpha value is -1.30. The largest absolute Gasteiger partial charge is 0.0911 e. The summed E-state index contributed by atoms with van der Waals surface area (Å²) in [6.45, 7) is 7.98. The molecule has 13 heavy (non-hydrogen) atoms. The van der Waals surface area contributed by atoms with Crippen molar-refractivity contribution >= 4 is 0 Å². The second-order valence-corrected chi connectivity index (χ2v) is 2.79. The molecular weight excluding hydrogens is 156 g/mol. The van der Waals surface area contributed by atoms with Gasteiger partial charge < -0.3 is 0 Å². The van der Waals surface area contributed by atoms with Crippen LogP contribution in [0.4, 0.5) is 0 Å². The van der Waals surface area contributed by atoms with E-state index < -0.39 is 0 Å². The van der Waals surface area contributed by atoms with Crippen LogP contribution in [0.5, 0.6) is 0 Å². The number of rotatable bonds is 0. The third kappa shape index (κ3) is 2.09. The fourth-order valence-electron chi connectivity index (χ4n) is 1.43. The summed E-state index contributed by atoms with van der Waals surface area (Å²) in [5, 5.41) is 0. The lowest BCUT2D eigenvalue weighted by atomic mass is 10.1. The maximum absolute atomic E-state index is 3.98. The number of hydrogen-bond acceptors (Lipinski definition) is 0. The van der Waals surface area contributed by atoms with Crippen LogP contribution in [0.1, 0.15) is 20.3 Å². The molecule has 0 nitrogen and oxygen atoms in total. The topological polar surface area (TPSA) is 0 Å². The molecule has 2 aliphatic carbocycles. The van der Waals surface area contributed by atoms with E-state index in [2.05, 4.69) is 37.0 Å². The van der Waals surface area contributed by atoms with Gasteiger partial charge in [-0.2, -0.15) is 0 Å². The van der Waals surface area contributed by atoms with E-state index in [1.807, 2.05) is 19.9 Å². The predicted octanol–water partition coefficient (Wildman–Crippen LogP) is 3.95. The van der Waals surface area contributed by atoms with Crippen LogP contribution in [0, 0.1) is 0 Å². The summed E-state index contributed by atoms with van der Waals surface area (Å²) < 4.78 is 0. The fourth-order valence-corrected chi connectivity index (χ4v) is 1.43. The van der Waals surface area contributed by atoms with Crippen LogP contribution in [0.15, 0.2) is 59.8 Å². The Kier molecular flexibility index (Phi) is 3.51. The van der Waals surface area contributed by atoms with Crippen molar-refractivity contribution in [1.29, 1.82) is 0 Å². The number of allylic oxidation sites excluding steroid dienone is 9. The molecule has 0 bridgehead atoms. The van der Waals surface area contributed by atoms with Gasteiger partial charge in [0, 0.05) is 0 Å². The summed E-state index contributed by atoms with van der Waals surface area (Å²) in [6.07, 6.45) is 13.7. The Balaban J connectivity index is 0.000000396. The van der Waals surface area contributed by atoms with E-state index in [0.717, 1.165) is 12.0 Å². The van der Waals surface area contributed by atoms with Crippen molar-refractivity contribution in [2.45, 2.75) is 20.3 Å². The van der Waals surface area contributed by atoms with Crippen molar-refractivity contribution < 1.29 is 0 Å². The molecule has 0 radical (unpaired) electrons. The Labute approximate surface area is 80.7 Å². The van der Waals surface area contributed by atoms with Gasteiger partial charge in [-0.1, -0.05) is 56.9 Å². The minimum Gasteiger partial charge on any atom is -0.0911 e. The first-order chi connectivity index (χ1) is 6.38. The minimum absolute atomic E-state index is 1.06. The summed E-state index contributed by atoms with van der Waals surface area (Å²) in [4.78, 5) is 0. The van der Waals surface area contributed by atoms with Crippen LogP contribution in [0.2, 0.25) is 0 Å². The van der Waals surface area contributed by atoms with Gasteiger partial charge in [-0.25, -0.2) is 0 Å². The zero-order chi connectivity index (χ0) is 9.68. The quantitative estimate of drug-likeness (QED) is 0.519. The Morgan fingerprint density at radius 3 is 2.54 bits per heavy atom. The lowest BCUT2D eigenvalue weighted by Crippen LogP contribution is -1.80. The van der Waals surface area contributed by atoms with Gasteiger partial charge in [0.2, 0.25) is 0 Å². The lowest BCUT2D eigenvalue weighted by Gasteiger charge is -1.99. The van der Waals surface area contributed by atoms with E-state index >= 15 is 0 Å². The van der Waals surface area contributed by atoms with Crippen molar-refractivity contribution in [3.8, 4) is 0 Å². The molecule has 0 aromatic rings. The first-order valence-corrected chi connectivity index (χ1v) is 4.81. The maximum atomic E-state index is 3.98. The zero-order valence-corrected chi connectivity index (χ0v) is 8.38. The molecule has 0 atom stereocenters. The second kappa shape index (κ2) is 4.66. The molecule has 0 heterocycles. The predicted molar refractivity (Wildman–Crippen MR) is 59.6 cm³/mol. The molecule has 2 aliphatic rings. The van der Waals surface area contributed by atoms with Gasteiger partial charge in [-0.3, -0.25) is 0 Å². The molecule has 0 saturated carbocycles. The van der Waals surface area contributed by atoms with Crippen molar-refractivity contribution in [3.63, 3.8) is 0 Å². The molecule has 0 amide bonds. The molecule has 0 aromatic carbocycles. The van der Waals surface area contributed by atoms with Crippen LogP contribution in [0.25, 0.3) is 0 Å². The monoisotopic (exact) mass is 172 g/mol. The molecule has 0 aliphatic heterocycles. The third-order valence-electron chi connectivity index (χ3n) is 2.02. The van der Waals surface area contributed by atoms with Gasteiger partial charge in [-0.05, 0) is 23.1 Å². The van der Waals surface area contributed by atoms with Crippen LogP contribution < -0.4 is 0 Å². The van der Waals surface area contributed by atoms with Crippen molar-refractivity contribution in [2.24, 2.45) is 0 Å². The minimum atomic E-state index is 1.06. The van der Waals surface area contributed by atoms with E-state index in [4.69, 9.17) is 0 Å². The normalized spacial score (nSPS) is 18.2.